The molecule has 0 unspecified atom stereocenters. The van der Waals surface area contributed by atoms with Crippen LogP contribution in [0.1, 0.15) is 20.8 Å². The summed E-state index contributed by atoms with van der Waals surface area (Å²) in [7, 11) is 1.99. The summed E-state index contributed by atoms with van der Waals surface area (Å²) < 4.78 is 0. The van der Waals surface area contributed by atoms with Crippen LogP contribution in [0.3, 0.4) is 0 Å². The van der Waals surface area contributed by atoms with Crippen LogP contribution in [-0.4, -0.2) is 48.9 Å². The van der Waals surface area contributed by atoms with Crippen LogP contribution in [0.5, 0.6) is 0 Å². The molecule has 0 radical (unpaired) electrons. The largest absolute Gasteiger partial charge is 0.340 e. The number of rotatable bonds is 2. The Bertz CT molecular complexity index is 147. The van der Waals surface area contributed by atoms with Crippen molar-refractivity contribution >= 4 is 5.91 Å². The van der Waals surface area contributed by atoms with Gasteiger partial charge in [0, 0.05) is 19.6 Å². The van der Waals surface area contributed by atoms with Gasteiger partial charge in [0.15, 0.2) is 0 Å². The van der Waals surface area contributed by atoms with E-state index < -0.39 is 0 Å². The number of hydrogen-bond donors (Lipinski definition) is 0. The summed E-state index contributed by atoms with van der Waals surface area (Å²) in [6.07, 6.45) is 1.06. The minimum absolute atomic E-state index is 0. The van der Waals surface area contributed by atoms with Gasteiger partial charge in [-0.15, -0.1) is 0 Å². The lowest BCUT2D eigenvalue weighted by Crippen LogP contribution is -2.48. The van der Waals surface area contributed by atoms with Crippen molar-refractivity contribution in [3.8, 4) is 0 Å². The Morgan fingerprint density at radius 1 is 1.42 bits per heavy atom. The lowest BCUT2D eigenvalue weighted by molar-refractivity contribution is -0.135. The van der Waals surface area contributed by atoms with Gasteiger partial charge in [-0.25, -0.2) is 0 Å². The van der Waals surface area contributed by atoms with Gasteiger partial charge in [0.25, 0.3) is 0 Å². The fourth-order valence-electron chi connectivity index (χ4n) is 1.33. The first-order valence-electron chi connectivity index (χ1n) is 4.20. The Labute approximate surface area is 75.3 Å². The molecule has 1 aliphatic rings. The van der Waals surface area contributed by atoms with Crippen LogP contribution < -0.4 is 0 Å². The smallest absolute Gasteiger partial charge is 0.236 e. The van der Waals surface area contributed by atoms with E-state index in [-0.39, 0.29) is 13.3 Å². The van der Waals surface area contributed by atoms with Gasteiger partial charge in [0.05, 0.1) is 6.54 Å². The third-order valence-corrected chi connectivity index (χ3v) is 2.00. The lowest BCUT2D eigenvalue weighted by Gasteiger charge is -2.31. The molecule has 0 saturated carbocycles. The molecule has 0 aromatic carbocycles. The van der Waals surface area contributed by atoms with E-state index in [1.54, 1.807) is 0 Å². The Morgan fingerprint density at radius 3 is 2.58 bits per heavy atom. The maximum atomic E-state index is 11.3. The van der Waals surface area contributed by atoms with Gasteiger partial charge in [-0.3, -0.25) is 9.69 Å². The van der Waals surface area contributed by atoms with Crippen LogP contribution >= 0.6 is 0 Å². The van der Waals surface area contributed by atoms with Crippen LogP contribution in [0, 0.1) is 0 Å². The summed E-state index contributed by atoms with van der Waals surface area (Å²) in [5.41, 5.74) is 0. The highest BCUT2D eigenvalue weighted by molar-refractivity contribution is 5.78. The number of piperazine rings is 1. The maximum Gasteiger partial charge on any atom is 0.236 e. The Balaban J connectivity index is 0.00000121. The summed E-state index contributed by atoms with van der Waals surface area (Å²) in [4.78, 5) is 15.3. The van der Waals surface area contributed by atoms with E-state index in [2.05, 4.69) is 11.8 Å². The highest BCUT2D eigenvalue weighted by Crippen LogP contribution is 2.00. The first kappa shape index (κ1) is 11.4. The molecule has 0 aromatic heterocycles. The molecule has 0 aliphatic carbocycles. The fraction of sp³-hybridized carbons (Fsp3) is 0.889. The van der Waals surface area contributed by atoms with Gasteiger partial charge < -0.3 is 4.90 Å². The number of likely N-dealkylation sites (N-methyl/N-ethyl adjacent to an activating group) is 1. The molecule has 0 bridgehead atoms. The van der Waals surface area contributed by atoms with Gasteiger partial charge in [-0.1, -0.05) is 14.4 Å². The Kier molecular flexibility index (Phi) is 4.90. The van der Waals surface area contributed by atoms with Crippen molar-refractivity contribution in [1.82, 2.24) is 9.80 Å². The van der Waals surface area contributed by atoms with Crippen molar-refractivity contribution < 1.29 is 4.79 Å². The molecular formula is C9H20N2O. The monoisotopic (exact) mass is 172 g/mol. The minimum Gasteiger partial charge on any atom is -0.340 e. The standard InChI is InChI=1S/C8H16N2O.CH4/c1-3-4-10-6-5-9(2)7-8(10)11;/h3-7H2,1-2H3;1H4. The van der Waals surface area contributed by atoms with Gasteiger partial charge in [-0.2, -0.15) is 0 Å². The quantitative estimate of drug-likeness (QED) is 0.615. The van der Waals surface area contributed by atoms with Gasteiger partial charge in [0.2, 0.25) is 5.91 Å². The van der Waals surface area contributed by atoms with E-state index in [0.717, 1.165) is 26.1 Å². The topological polar surface area (TPSA) is 23.6 Å². The average molecular weight is 172 g/mol. The normalized spacial score (nSPS) is 19.2. The van der Waals surface area contributed by atoms with E-state index in [1.807, 2.05) is 11.9 Å². The Hall–Kier alpha value is -0.570. The highest BCUT2D eigenvalue weighted by atomic mass is 16.2. The number of amides is 1. The van der Waals surface area contributed by atoms with Gasteiger partial charge in [0.1, 0.15) is 0 Å². The summed E-state index contributed by atoms with van der Waals surface area (Å²) in [6.45, 7) is 5.55. The zero-order chi connectivity index (χ0) is 8.27. The molecule has 12 heavy (non-hydrogen) atoms. The van der Waals surface area contributed by atoms with Gasteiger partial charge >= 0.3 is 0 Å². The summed E-state index contributed by atoms with van der Waals surface area (Å²) in [6, 6.07) is 0. The van der Waals surface area contributed by atoms with Crippen LogP contribution in [0.15, 0.2) is 0 Å². The Morgan fingerprint density at radius 2 is 2.08 bits per heavy atom. The van der Waals surface area contributed by atoms with Crippen LogP contribution in [-0.2, 0) is 4.79 Å². The molecule has 0 N–H and O–H groups in total. The molecule has 3 nitrogen and oxygen atoms in total. The van der Waals surface area contributed by atoms with E-state index in [4.69, 9.17) is 0 Å². The number of nitrogens with zero attached hydrogens (tertiary/aromatic N) is 2. The SMILES string of the molecule is C.CCCN1CCN(C)CC1=O. The van der Waals surface area contributed by atoms with Crippen LogP contribution in [0.25, 0.3) is 0 Å². The zero-order valence-electron chi connectivity index (χ0n) is 7.34. The molecule has 1 heterocycles. The predicted octanol–water partition coefficient (Wildman–Crippen LogP) is 0.806. The maximum absolute atomic E-state index is 11.3. The van der Waals surface area contributed by atoms with Crippen molar-refractivity contribution in [2.75, 3.05) is 33.2 Å². The molecular weight excluding hydrogens is 152 g/mol. The van der Waals surface area contributed by atoms with Gasteiger partial charge in [-0.05, 0) is 13.5 Å². The second kappa shape index (κ2) is 5.14. The molecule has 0 atom stereocenters. The van der Waals surface area contributed by atoms with E-state index >= 15 is 0 Å². The molecule has 1 amide bonds. The first-order chi connectivity index (χ1) is 5.24. The lowest BCUT2D eigenvalue weighted by atomic mass is 10.3. The fourth-order valence-corrected chi connectivity index (χ4v) is 1.33. The minimum atomic E-state index is 0. The predicted molar refractivity (Wildman–Crippen MR) is 51.1 cm³/mol. The molecule has 3 heteroatoms. The van der Waals surface area contributed by atoms with E-state index in [0.29, 0.717) is 6.54 Å². The molecule has 0 spiro atoms. The van der Waals surface area contributed by atoms with E-state index in [9.17, 15) is 4.79 Å². The number of carbonyl (C=O) groups is 1. The van der Waals surface area contributed by atoms with Crippen LogP contribution in [0.4, 0.5) is 0 Å². The van der Waals surface area contributed by atoms with Crippen molar-refractivity contribution in [1.29, 1.82) is 0 Å². The summed E-state index contributed by atoms with van der Waals surface area (Å²) in [5, 5.41) is 0. The molecule has 72 valence electrons. The number of carbonyl (C=O) groups excluding carboxylic acids is 1. The van der Waals surface area contributed by atoms with Crippen molar-refractivity contribution in [2.24, 2.45) is 0 Å². The second-order valence-electron chi connectivity index (χ2n) is 3.12. The molecule has 1 saturated heterocycles. The second-order valence-corrected chi connectivity index (χ2v) is 3.12. The molecule has 1 rings (SSSR count). The number of hydrogen-bond acceptors (Lipinski definition) is 2. The van der Waals surface area contributed by atoms with Crippen molar-refractivity contribution in [3.05, 3.63) is 0 Å². The van der Waals surface area contributed by atoms with Crippen molar-refractivity contribution in [2.45, 2.75) is 20.8 Å². The summed E-state index contributed by atoms with van der Waals surface area (Å²) in [5.74, 6) is 0.278. The molecule has 0 aromatic rings. The first-order valence-corrected chi connectivity index (χ1v) is 4.20. The van der Waals surface area contributed by atoms with Crippen LogP contribution in [0.2, 0.25) is 0 Å². The van der Waals surface area contributed by atoms with Crippen molar-refractivity contribution in [3.63, 3.8) is 0 Å². The molecule has 1 fully saturated rings. The van der Waals surface area contributed by atoms with E-state index in [1.165, 1.54) is 0 Å². The summed E-state index contributed by atoms with van der Waals surface area (Å²) >= 11 is 0. The zero-order valence-corrected chi connectivity index (χ0v) is 7.34. The third kappa shape index (κ3) is 2.81. The average Bonchev–Trinajstić information content (AvgIpc) is 1.95. The molecule has 1 aliphatic heterocycles. The third-order valence-electron chi connectivity index (χ3n) is 2.00. The highest BCUT2D eigenvalue weighted by Gasteiger charge is 2.19.